The van der Waals surface area contributed by atoms with Crippen molar-refractivity contribution in [1.82, 2.24) is 4.98 Å². The Bertz CT molecular complexity index is 313. The van der Waals surface area contributed by atoms with Gasteiger partial charge >= 0.3 is 5.97 Å². The van der Waals surface area contributed by atoms with Crippen LogP contribution in [0, 0.1) is 19.8 Å². The smallest absolute Gasteiger partial charge is 0.308 e. The molecule has 14 heavy (non-hydrogen) atoms. The fourth-order valence-electron chi connectivity index (χ4n) is 1.17. The van der Waals surface area contributed by atoms with Gasteiger partial charge in [0.1, 0.15) is 0 Å². The number of hydrogen-bond acceptors (Lipinski definition) is 4. The molecule has 0 spiro atoms. The molecule has 0 aliphatic heterocycles. The highest BCUT2D eigenvalue weighted by atomic mass is 32.1. The van der Waals surface area contributed by atoms with E-state index in [4.69, 9.17) is 0 Å². The summed E-state index contributed by atoms with van der Waals surface area (Å²) in [6.07, 6.45) is 0.673. The third kappa shape index (κ3) is 2.54. The highest BCUT2D eigenvalue weighted by molar-refractivity contribution is 7.11. The van der Waals surface area contributed by atoms with Crippen molar-refractivity contribution >= 4 is 17.3 Å². The molecule has 1 atom stereocenters. The average molecular weight is 213 g/mol. The molecule has 0 fully saturated rings. The number of aryl methyl sites for hydroxylation is 2. The predicted octanol–water partition coefficient (Wildman–Crippen LogP) is 2.11. The van der Waals surface area contributed by atoms with E-state index in [0.29, 0.717) is 6.42 Å². The second-order valence-corrected chi connectivity index (χ2v) is 4.67. The highest BCUT2D eigenvalue weighted by Crippen LogP contribution is 2.19. The number of ether oxygens (including phenoxy) is 1. The number of nitrogens with zero attached hydrogens (tertiary/aromatic N) is 1. The van der Waals surface area contributed by atoms with Crippen LogP contribution in [0.15, 0.2) is 0 Å². The summed E-state index contributed by atoms with van der Waals surface area (Å²) in [4.78, 5) is 16.8. The highest BCUT2D eigenvalue weighted by Gasteiger charge is 2.16. The molecule has 0 saturated carbocycles. The zero-order valence-electron chi connectivity index (χ0n) is 8.96. The van der Waals surface area contributed by atoms with Crippen LogP contribution in [0.2, 0.25) is 0 Å². The molecule has 0 aromatic carbocycles. The summed E-state index contributed by atoms with van der Waals surface area (Å²) in [5.41, 5.74) is 1.06. The number of esters is 1. The molecule has 1 aromatic heterocycles. The first kappa shape index (κ1) is 11.2. The lowest BCUT2D eigenvalue weighted by Crippen LogP contribution is -2.14. The number of rotatable bonds is 3. The average Bonchev–Trinajstić information content (AvgIpc) is 2.44. The second-order valence-electron chi connectivity index (χ2n) is 3.38. The van der Waals surface area contributed by atoms with E-state index in [1.807, 2.05) is 20.8 Å². The minimum Gasteiger partial charge on any atom is -0.469 e. The molecule has 1 heterocycles. The first-order valence-corrected chi connectivity index (χ1v) is 5.37. The minimum absolute atomic E-state index is 0.107. The van der Waals surface area contributed by atoms with Crippen molar-refractivity contribution in [3.63, 3.8) is 0 Å². The van der Waals surface area contributed by atoms with Gasteiger partial charge in [0.15, 0.2) is 0 Å². The van der Waals surface area contributed by atoms with Crippen molar-refractivity contribution in [2.45, 2.75) is 27.2 Å². The summed E-state index contributed by atoms with van der Waals surface area (Å²) in [6.45, 7) is 5.88. The lowest BCUT2D eigenvalue weighted by atomic mass is 10.1. The van der Waals surface area contributed by atoms with Gasteiger partial charge in [0.25, 0.3) is 0 Å². The van der Waals surface area contributed by atoms with E-state index in [9.17, 15) is 4.79 Å². The van der Waals surface area contributed by atoms with Gasteiger partial charge in [-0.2, -0.15) is 0 Å². The van der Waals surface area contributed by atoms with Crippen molar-refractivity contribution < 1.29 is 9.53 Å². The van der Waals surface area contributed by atoms with Gasteiger partial charge < -0.3 is 4.74 Å². The monoisotopic (exact) mass is 213 g/mol. The molecule has 1 unspecified atom stereocenters. The zero-order valence-corrected chi connectivity index (χ0v) is 9.77. The van der Waals surface area contributed by atoms with E-state index >= 15 is 0 Å². The quantitative estimate of drug-likeness (QED) is 0.722. The van der Waals surface area contributed by atoms with Crippen LogP contribution in [0.4, 0.5) is 0 Å². The largest absolute Gasteiger partial charge is 0.469 e. The Balaban J connectivity index is 2.64. The maximum absolute atomic E-state index is 11.2. The molecule has 0 saturated heterocycles. The third-order valence-corrected chi connectivity index (χ3v) is 3.25. The van der Waals surface area contributed by atoms with Crippen molar-refractivity contribution in [2.24, 2.45) is 5.92 Å². The van der Waals surface area contributed by atoms with Crippen molar-refractivity contribution in [1.29, 1.82) is 0 Å². The molecule has 0 aliphatic carbocycles. The Morgan fingerprint density at radius 3 is 2.64 bits per heavy atom. The summed E-state index contributed by atoms with van der Waals surface area (Å²) in [5, 5.41) is 1.01. The van der Waals surface area contributed by atoms with E-state index in [2.05, 4.69) is 9.72 Å². The maximum Gasteiger partial charge on any atom is 0.308 e. The van der Waals surface area contributed by atoms with Gasteiger partial charge in [-0.3, -0.25) is 4.79 Å². The Labute approximate surface area is 88.1 Å². The predicted molar refractivity (Wildman–Crippen MR) is 56.5 cm³/mol. The van der Waals surface area contributed by atoms with Gasteiger partial charge in [-0.1, -0.05) is 6.92 Å². The molecule has 78 valence electrons. The molecule has 0 N–H and O–H groups in total. The summed E-state index contributed by atoms with van der Waals surface area (Å²) in [5.74, 6) is -0.277. The van der Waals surface area contributed by atoms with Crippen molar-refractivity contribution in [3.8, 4) is 0 Å². The van der Waals surface area contributed by atoms with Gasteiger partial charge in [0.05, 0.1) is 23.7 Å². The van der Waals surface area contributed by atoms with Gasteiger partial charge in [0, 0.05) is 11.3 Å². The van der Waals surface area contributed by atoms with E-state index in [1.54, 1.807) is 11.3 Å². The third-order valence-electron chi connectivity index (χ3n) is 2.16. The number of carbonyl (C=O) groups is 1. The van der Waals surface area contributed by atoms with Gasteiger partial charge in [-0.05, 0) is 13.8 Å². The van der Waals surface area contributed by atoms with Gasteiger partial charge in [0.2, 0.25) is 0 Å². The van der Waals surface area contributed by atoms with Crippen LogP contribution in [-0.4, -0.2) is 18.1 Å². The van der Waals surface area contributed by atoms with Crippen molar-refractivity contribution in [3.05, 3.63) is 15.6 Å². The Hall–Kier alpha value is -0.900. The SMILES string of the molecule is COC(=O)C(C)Cc1nc(C)c(C)s1. The molecule has 1 aromatic rings. The molecule has 0 aliphatic rings. The number of carbonyl (C=O) groups excluding carboxylic acids is 1. The van der Waals surface area contributed by atoms with E-state index in [0.717, 1.165) is 10.7 Å². The molecular weight excluding hydrogens is 198 g/mol. The lowest BCUT2D eigenvalue weighted by molar-refractivity contribution is -0.144. The summed E-state index contributed by atoms with van der Waals surface area (Å²) in [6, 6.07) is 0. The number of methoxy groups -OCH3 is 1. The van der Waals surface area contributed by atoms with E-state index < -0.39 is 0 Å². The van der Waals surface area contributed by atoms with Gasteiger partial charge in [-0.25, -0.2) is 4.98 Å². The molecule has 1 rings (SSSR count). The number of thiazole rings is 1. The number of aromatic nitrogens is 1. The minimum atomic E-state index is -0.171. The Morgan fingerprint density at radius 2 is 2.21 bits per heavy atom. The Morgan fingerprint density at radius 1 is 1.57 bits per heavy atom. The fraction of sp³-hybridized carbons (Fsp3) is 0.600. The Kier molecular flexibility index (Phi) is 3.63. The van der Waals surface area contributed by atoms with E-state index in [-0.39, 0.29) is 11.9 Å². The van der Waals surface area contributed by atoms with Crippen LogP contribution in [0.3, 0.4) is 0 Å². The number of hydrogen-bond donors (Lipinski definition) is 0. The normalized spacial score (nSPS) is 12.6. The molecule has 0 bridgehead atoms. The van der Waals surface area contributed by atoms with Crippen LogP contribution in [-0.2, 0) is 16.0 Å². The molecule has 0 radical (unpaired) electrons. The zero-order chi connectivity index (χ0) is 10.7. The molecule has 3 nitrogen and oxygen atoms in total. The van der Waals surface area contributed by atoms with Crippen LogP contribution < -0.4 is 0 Å². The molecular formula is C10H15NO2S. The first-order chi connectivity index (χ1) is 6.54. The first-order valence-electron chi connectivity index (χ1n) is 4.55. The lowest BCUT2D eigenvalue weighted by Gasteiger charge is -2.05. The van der Waals surface area contributed by atoms with Gasteiger partial charge in [-0.15, -0.1) is 11.3 Å². The van der Waals surface area contributed by atoms with Crippen molar-refractivity contribution in [2.75, 3.05) is 7.11 Å². The fourth-order valence-corrected chi connectivity index (χ4v) is 2.24. The summed E-state index contributed by atoms with van der Waals surface area (Å²) in [7, 11) is 1.41. The second kappa shape index (κ2) is 4.55. The van der Waals surface area contributed by atoms with Crippen LogP contribution in [0.25, 0.3) is 0 Å². The topological polar surface area (TPSA) is 39.2 Å². The molecule has 0 amide bonds. The van der Waals surface area contributed by atoms with E-state index in [1.165, 1.54) is 12.0 Å². The van der Waals surface area contributed by atoms with Crippen LogP contribution in [0.5, 0.6) is 0 Å². The standard InChI is InChI=1S/C10H15NO2S/c1-6(10(12)13-4)5-9-11-7(2)8(3)14-9/h6H,5H2,1-4H3. The summed E-state index contributed by atoms with van der Waals surface area (Å²) < 4.78 is 4.66. The maximum atomic E-state index is 11.2. The van der Waals surface area contributed by atoms with Crippen LogP contribution >= 0.6 is 11.3 Å². The molecule has 4 heteroatoms. The summed E-state index contributed by atoms with van der Waals surface area (Å²) >= 11 is 1.65. The van der Waals surface area contributed by atoms with Crippen LogP contribution in [0.1, 0.15) is 22.5 Å².